The minimum atomic E-state index is -3.54. The molecule has 2 rings (SSSR count). The Bertz CT molecular complexity index is 515. The monoisotopic (exact) mass is 303 g/mol. The fraction of sp³-hybridized carbons (Fsp3) is 0.538. The lowest BCUT2D eigenvalue weighted by molar-refractivity contribution is 0.164. The first-order valence-electron chi connectivity index (χ1n) is 6.41. The Balaban J connectivity index is 2.14. The van der Waals surface area contributed by atoms with Crippen LogP contribution < -0.4 is 4.72 Å². The predicted octanol–water partition coefficient (Wildman–Crippen LogP) is 2.17. The highest BCUT2D eigenvalue weighted by atomic mass is 35.5. The molecule has 106 valence electrons. The Morgan fingerprint density at radius 1 is 1.21 bits per heavy atom. The van der Waals surface area contributed by atoms with Crippen molar-refractivity contribution in [1.82, 2.24) is 4.72 Å². The molecule has 6 heteroatoms. The zero-order valence-electron chi connectivity index (χ0n) is 10.5. The molecule has 0 heterocycles. The van der Waals surface area contributed by atoms with Crippen molar-refractivity contribution in [3.63, 3.8) is 0 Å². The molecule has 2 atom stereocenters. The lowest BCUT2D eigenvalue weighted by atomic mass is 9.86. The first kappa shape index (κ1) is 14.8. The van der Waals surface area contributed by atoms with Crippen LogP contribution >= 0.6 is 11.6 Å². The smallest absolute Gasteiger partial charge is 0.240 e. The van der Waals surface area contributed by atoms with Gasteiger partial charge in [-0.15, -0.1) is 0 Å². The van der Waals surface area contributed by atoms with E-state index >= 15 is 0 Å². The van der Waals surface area contributed by atoms with Gasteiger partial charge in [-0.2, -0.15) is 0 Å². The van der Waals surface area contributed by atoms with Crippen molar-refractivity contribution < 1.29 is 13.5 Å². The fourth-order valence-electron chi connectivity index (χ4n) is 2.46. The molecular formula is C13H18ClNO3S. The second-order valence-electron chi connectivity index (χ2n) is 4.91. The van der Waals surface area contributed by atoms with Crippen LogP contribution in [0.1, 0.15) is 25.7 Å². The minimum absolute atomic E-state index is 0.0100. The maximum absolute atomic E-state index is 12.2. The highest BCUT2D eigenvalue weighted by molar-refractivity contribution is 7.89. The Morgan fingerprint density at radius 2 is 1.84 bits per heavy atom. The van der Waals surface area contributed by atoms with Gasteiger partial charge in [-0.05, 0) is 43.0 Å². The van der Waals surface area contributed by atoms with Crippen LogP contribution in [0, 0.1) is 5.92 Å². The van der Waals surface area contributed by atoms with Gasteiger partial charge in [0.05, 0.1) is 4.90 Å². The van der Waals surface area contributed by atoms with Crippen LogP contribution in [0.2, 0.25) is 5.02 Å². The summed E-state index contributed by atoms with van der Waals surface area (Å²) in [4.78, 5) is 0.208. The average molecular weight is 304 g/mol. The van der Waals surface area contributed by atoms with E-state index in [1.54, 1.807) is 12.1 Å². The van der Waals surface area contributed by atoms with Gasteiger partial charge in [0, 0.05) is 17.7 Å². The van der Waals surface area contributed by atoms with E-state index in [4.69, 9.17) is 11.6 Å². The number of aliphatic hydroxyl groups excluding tert-OH is 1. The van der Waals surface area contributed by atoms with Gasteiger partial charge < -0.3 is 5.11 Å². The number of nitrogens with one attached hydrogen (secondary N) is 1. The van der Waals surface area contributed by atoms with Gasteiger partial charge in [0.25, 0.3) is 0 Å². The Kier molecular flexibility index (Phi) is 4.84. The maximum Gasteiger partial charge on any atom is 0.240 e. The van der Waals surface area contributed by atoms with E-state index in [1.807, 2.05) is 0 Å². The lowest BCUT2D eigenvalue weighted by Crippen LogP contribution is -2.43. The van der Waals surface area contributed by atoms with Gasteiger partial charge in [-0.3, -0.25) is 0 Å². The van der Waals surface area contributed by atoms with E-state index in [-0.39, 0.29) is 23.5 Å². The summed E-state index contributed by atoms with van der Waals surface area (Å²) in [7, 11) is -3.54. The summed E-state index contributed by atoms with van der Waals surface area (Å²) in [5, 5.41) is 9.82. The SMILES string of the molecule is O=S(=O)(N[C@H]1CCCC[C@@H]1CO)c1ccc(Cl)cc1. The van der Waals surface area contributed by atoms with Crippen molar-refractivity contribution in [2.24, 2.45) is 5.92 Å². The molecule has 1 saturated carbocycles. The number of hydrogen-bond acceptors (Lipinski definition) is 3. The topological polar surface area (TPSA) is 66.4 Å². The third-order valence-corrected chi connectivity index (χ3v) is 5.33. The van der Waals surface area contributed by atoms with Crippen LogP contribution in [0.3, 0.4) is 0 Å². The zero-order chi connectivity index (χ0) is 13.9. The Hall–Kier alpha value is -0.620. The number of benzene rings is 1. The highest BCUT2D eigenvalue weighted by Crippen LogP contribution is 2.25. The maximum atomic E-state index is 12.2. The minimum Gasteiger partial charge on any atom is -0.396 e. The number of halogens is 1. The normalized spacial score (nSPS) is 24.3. The van der Waals surface area contributed by atoms with Crippen molar-refractivity contribution >= 4 is 21.6 Å². The van der Waals surface area contributed by atoms with Crippen LogP contribution in [0.5, 0.6) is 0 Å². The molecule has 0 amide bonds. The van der Waals surface area contributed by atoms with Crippen LogP contribution in [0.15, 0.2) is 29.2 Å². The molecule has 1 aliphatic carbocycles. The standard InChI is InChI=1S/C13H18ClNO3S/c14-11-5-7-12(8-6-11)19(17,18)15-13-4-2-1-3-10(13)9-16/h5-8,10,13,15-16H,1-4,9H2/t10-,13+/m1/s1. The molecule has 0 spiro atoms. The first-order valence-corrected chi connectivity index (χ1v) is 8.28. The van der Waals surface area contributed by atoms with Crippen molar-refractivity contribution in [3.8, 4) is 0 Å². The van der Waals surface area contributed by atoms with Gasteiger partial charge in [0.2, 0.25) is 10.0 Å². The number of rotatable bonds is 4. The van der Waals surface area contributed by atoms with E-state index in [2.05, 4.69) is 4.72 Å². The Morgan fingerprint density at radius 3 is 2.47 bits per heavy atom. The van der Waals surface area contributed by atoms with E-state index in [9.17, 15) is 13.5 Å². The summed E-state index contributed by atoms with van der Waals surface area (Å²) in [5.41, 5.74) is 0. The molecule has 19 heavy (non-hydrogen) atoms. The Labute approximate surface area is 118 Å². The summed E-state index contributed by atoms with van der Waals surface area (Å²) in [6.45, 7) is 0.0216. The molecule has 4 nitrogen and oxygen atoms in total. The largest absolute Gasteiger partial charge is 0.396 e. The summed E-state index contributed by atoms with van der Waals surface area (Å²) < 4.78 is 27.2. The second kappa shape index (κ2) is 6.22. The number of aliphatic hydroxyl groups is 1. The van der Waals surface area contributed by atoms with E-state index in [0.717, 1.165) is 25.7 Å². The third-order valence-electron chi connectivity index (χ3n) is 3.57. The van der Waals surface area contributed by atoms with E-state index in [0.29, 0.717) is 5.02 Å². The second-order valence-corrected chi connectivity index (χ2v) is 7.06. The number of hydrogen-bond donors (Lipinski definition) is 2. The molecule has 0 bridgehead atoms. The molecule has 2 N–H and O–H groups in total. The van der Waals surface area contributed by atoms with Crippen molar-refractivity contribution in [3.05, 3.63) is 29.3 Å². The highest BCUT2D eigenvalue weighted by Gasteiger charge is 2.28. The third kappa shape index (κ3) is 3.69. The quantitative estimate of drug-likeness (QED) is 0.896. The van der Waals surface area contributed by atoms with Crippen molar-refractivity contribution in [1.29, 1.82) is 0 Å². The molecule has 1 fully saturated rings. The predicted molar refractivity (Wildman–Crippen MR) is 74.6 cm³/mol. The van der Waals surface area contributed by atoms with Crippen molar-refractivity contribution in [2.45, 2.75) is 36.6 Å². The molecule has 0 aliphatic heterocycles. The molecule has 1 aromatic carbocycles. The van der Waals surface area contributed by atoms with Crippen LogP contribution in [0.25, 0.3) is 0 Å². The molecule has 0 unspecified atom stereocenters. The van der Waals surface area contributed by atoms with Gasteiger partial charge >= 0.3 is 0 Å². The zero-order valence-corrected chi connectivity index (χ0v) is 12.1. The fourth-order valence-corrected chi connectivity index (χ4v) is 3.93. The van der Waals surface area contributed by atoms with Crippen LogP contribution in [-0.2, 0) is 10.0 Å². The van der Waals surface area contributed by atoms with E-state index in [1.165, 1.54) is 12.1 Å². The van der Waals surface area contributed by atoms with Crippen molar-refractivity contribution in [2.75, 3.05) is 6.61 Å². The molecule has 1 aromatic rings. The van der Waals surface area contributed by atoms with E-state index < -0.39 is 10.0 Å². The van der Waals surface area contributed by atoms with Gasteiger partial charge in [-0.1, -0.05) is 24.4 Å². The molecular weight excluding hydrogens is 286 g/mol. The first-order chi connectivity index (χ1) is 9.03. The molecule has 1 aliphatic rings. The van der Waals surface area contributed by atoms with Crippen LogP contribution in [-0.4, -0.2) is 26.2 Å². The molecule has 0 aromatic heterocycles. The van der Waals surface area contributed by atoms with Gasteiger partial charge in [-0.25, -0.2) is 13.1 Å². The average Bonchev–Trinajstić information content (AvgIpc) is 2.39. The number of sulfonamides is 1. The summed E-state index contributed by atoms with van der Waals surface area (Å²) >= 11 is 5.75. The van der Waals surface area contributed by atoms with Gasteiger partial charge in [0.15, 0.2) is 0 Å². The van der Waals surface area contributed by atoms with Gasteiger partial charge in [0.1, 0.15) is 0 Å². The lowest BCUT2D eigenvalue weighted by Gasteiger charge is -2.30. The summed E-state index contributed by atoms with van der Waals surface area (Å²) in [5.74, 6) is 0.0100. The molecule has 0 saturated heterocycles. The van der Waals surface area contributed by atoms with Crippen LogP contribution in [0.4, 0.5) is 0 Å². The molecule has 0 radical (unpaired) electrons. The summed E-state index contributed by atoms with van der Waals surface area (Å²) in [6.07, 6.45) is 3.68. The summed E-state index contributed by atoms with van der Waals surface area (Å²) in [6, 6.07) is 5.91.